The zero-order valence-corrected chi connectivity index (χ0v) is 13.9. The maximum Gasteiger partial charge on any atom is 0.303 e. The Kier molecular flexibility index (Phi) is 4.29. The zero-order valence-electron chi connectivity index (χ0n) is 13.0. The molecular weight excluding hydrogens is 312 g/mol. The van der Waals surface area contributed by atoms with Crippen LogP contribution in [0.25, 0.3) is 4.96 Å². The summed E-state index contributed by atoms with van der Waals surface area (Å²) < 4.78 is 1.89. The molecule has 1 aromatic carbocycles. The van der Waals surface area contributed by atoms with Crippen molar-refractivity contribution in [3.63, 3.8) is 0 Å². The number of aromatic nitrogens is 3. The molecule has 0 unspecified atom stereocenters. The van der Waals surface area contributed by atoms with Crippen molar-refractivity contribution >= 4 is 28.0 Å². The Labute approximate surface area is 137 Å². The molecule has 3 rings (SSSR count). The highest BCUT2D eigenvalue weighted by Crippen LogP contribution is 2.19. The smallest absolute Gasteiger partial charge is 0.303 e. The van der Waals surface area contributed by atoms with E-state index in [0.29, 0.717) is 13.0 Å². The summed E-state index contributed by atoms with van der Waals surface area (Å²) in [5.74, 6) is -0.778. The molecule has 0 aliphatic rings. The lowest BCUT2D eigenvalue weighted by atomic mass is 10.1. The van der Waals surface area contributed by atoms with Crippen molar-refractivity contribution in [3.05, 3.63) is 46.2 Å². The van der Waals surface area contributed by atoms with Crippen LogP contribution in [0.2, 0.25) is 0 Å². The zero-order chi connectivity index (χ0) is 16.4. The first-order valence-corrected chi connectivity index (χ1v) is 8.21. The number of aryl methyl sites for hydroxylation is 3. The summed E-state index contributed by atoms with van der Waals surface area (Å²) in [5.41, 5.74) is 3.99. The summed E-state index contributed by atoms with van der Waals surface area (Å²) >= 11 is 1.58. The number of carbonyl (C=O) groups is 1. The van der Waals surface area contributed by atoms with Crippen molar-refractivity contribution in [2.45, 2.75) is 33.2 Å². The van der Waals surface area contributed by atoms with Gasteiger partial charge in [0.1, 0.15) is 5.01 Å². The van der Waals surface area contributed by atoms with Gasteiger partial charge in [-0.15, -0.1) is 0 Å². The lowest BCUT2D eigenvalue weighted by Crippen LogP contribution is -2.05. The number of hydrogen-bond acceptors (Lipinski definition) is 5. The van der Waals surface area contributed by atoms with Gasteiger partial charge in [-0.1, -0.05) is 23.5 Å². The van der Waals surface area contributed by atoms with Crippen LogP contribution in [0.5, 0.6) is 0 Å². The number of carboxylic acids is 1. The molecule has 120 valence electrons. The molecule has 2 N–H and O–H groups in total. The van der Waals surface area contributed by atoms with Gasteiger partial charge in [-0.2, -0.15) is 5.10 Å². The predicted molar refractivity (Wildman–Crippen MR) is 90.1 cm³/mol. The van der Waals surface area contributed by atoms with Gasteiger partial charge in [-0.3, -0.25) is 4.79 Å². The number of fused-ring (bicyclic) bond motifs is 1. The van der Waals surface area contributed by atoms with E-state index in [4.69, 9.17) is 5.11 Å². The number of benzene rings is 1. The van der Waals surface area contributed by atoms with Crippen LogP contribution in [0.4, 0.5) is 5.69 Å². The lowest BCUT2D eigenvalue weighted by molar-refractivity contribution is -0.136. The average Bonchev–Trinajstić information content (AvgIpc) is 2.98. The van der Waals surface area contributed by atoms with Gasteiger partial charge < -0.3 is 10.4 Å². The summed E-state index contributed by atoms with van der Waals surface area (Å²) in [7, 11) is 0. The molecule has 23 heavy (non-hydrogen) atoms. The Morgan fingerprint density at radius 2 is 2.22 bits per heavy atom. The number of anilines is 1. The number of hydrogen-bond donors (Lipinski definition) is 2. The van der Waals surface area contributed by atoms with Crippen LogP contribution in [0.1, 0.15) is 28.4 Å². The minimum absolute atomic E-state index is 0.143. The van der Waals surface area contributed by atoms with Crippen molar-refractivity contribution in [3.8, 4) is 0 Å². The quantitative estimate of drug-likeness (QED) is 0.726. The summed E-state index contributed by atoms with van der Waals surface area (Å²) in [5, 5.41) is 17.6. The number of aliphatic carboxylic acids is 1. The molecule has 0 fully saturated rings. The molecular formula is C16H18N4O2S. The van der Waals surface area contributed by atoms with E-state index in [1.54, 1.807) is 11.3 Å². The standard InChI is InChI=1S/C16H18N4O2S/c1-10-14(20-16(18-10)23-11(2)19-20)9-17-13-5-3-4-12(8-13)6-7-15(21)22/h3-5,8,17H,6-7,9H2,1-2H3,(H,21,22). The average molecular weight is 330 g/mol. The van der Waals surface area contributed by atoms with Gasteiger partial charge >= 0.3 is 5.97 Å². The van der Waals surface area contributed by atoms with Crippen LogP contribution < -0.4 is 5.32 Å². The van der Waals surface area contributed by atoms with Gasteiger partial charge in [0.05, 0.1) is 17.9 Å². The van der Waals surface area contributed by atoms with Crippen molar-refractivity contribution in [2.24, 2.45) is 0 Å². The largest absolute Gasteiger partial charge is 0.481 e. The van der Waals surface area contributed by atoms with Gasteiger partial charge in [0.25, 0.3) is 0 Å². The fraction of sp³-hybridized carbons (Fsp3) is 0.312. The van der Waals surface area contributed by atoms with Crippen molar-refractivity contribution in [1.82, 2.24) is 14.6 Å². The molecule has 3 aromatic rings. The van der Waals surface area contributed by atoms with E-state index in [0.717, 1.165) is 32.6 Å². The first kappa shape index (κ1) is 15.5. The second kappa shape index (κ2) is 6.37. The molecule has 0 amide bonds. The summed E-state index contributed by atoms with van der Waals surface area (Å²) in [6, 6.07) is 7.85. The third-order valence-electron chi connectivity index (χ3n) is 3.61. The Morgan fingerprint density at radius 1 is 1.39 bits per heavy atom. The van der Waals surface area contributed by atoms with Gasteiger partial charge in [-0.25, -0.2) is 9.50 Å². The molecule has 0 saturated heterocycles. The van der Waals surface area contributed by atoms with E-state index in [-0.39, 0.29) is 6.42 Å². The normalized spacial score (nSPS) is 11.0. The Bertz CT molecular complexity index is 853. The first-order valence-electron chi connectivity index (χ1n) is 7.39. The van der Waals surface area contributed by atoms with Crippen LogP contribution in [-0.4, -0.2) is 25.7 Å². The molecule has 2 heterocycles. The molecule has 2 aromatic heterocycles. The number of nitrogens with one attached hydrogen (secondary N) is 1. The van der Waals surface area contributed by atoms with Gasteiger partial charge in [-0.05, 0) is 38.0 Å². The lowest BCUT2D eigenvalue weighted by Gasteiger charge is -2.08. The predicted octanol–water partition coefficient (Wildman–Crippen LogP) is 3.04. The fourth-order valence-corrected chi connectivity index (χ4v) is 3.27. The minimum Gasteiger partial charge on any atom is -0.481 e. The summed E-state index contributed by atoms with van der Waals surface area (Å²) in [4.78, 5) is 16.1. The molecule has 0 aliphatic carbocycles. The molecule has 0 aliphatic heterocycles. The third kappa shape index (κ3) is 3.50. The van der Waals surface area contributed by atoms with Gasteiger partial charge in [0.2, 0.25) is 4.96 Å². The highest BCUT2D eigenvalue weighted by atomic mass is 32.1. The topological polar surface area (TPSA) is 79.5 Å². The highest BCUT2D eigenvalue weighted by molar-refractivity contribution is 7.16. The molecule has 0 bridgehead atoms. The second-order valence-corrected chi connectivity index (χ2v) is 6.57. The second-order valence-electron chi connectivity index (χ2n) is 5.41. The molecule has 0 radical (unpaired) electrons. The van der Waals surface area contributed by atoms with E-state index in [9.17, 15) is 4.79 Å². The van der Waals surface area contributed by atoms with Crippen molar-refractivity contribution in [1.29, 1.82) is 0 Å². The molecule has 7 heteroatoms. The number of carboxylic acid groups (broad SMARTS) is 1. The van der Waals surface area contributed by atoms with Crippen LogP contribution in [-0.2, 0) is 17.8 Å². The van der Waals surface area contributed by atoms with Gasteiger partial charge in [0, 0.05) is 12.1 Å². The Morgan fingerprint density at radius 3 is 3.00 bits per heavy atom. The molecule has 0 spiro atoms. The number of imidazole rings is 1. The highest BCUT2D eigenvalue weighted by Gasteiger charge is 2.12. The van der Waals surface area contributed by atoms with E-state index < -0.39 is 5.97 Å². The van der Waals surface area contributed by atoms with Crippen LogP contribution in [0.15, 0.2) is 24.3 Å². The SMILES string of the molecule is Cc1nn2c(CNc3cccc(CCC(=O)O)c3)c(C)nc2s1. The van der Waals surface area contributed by atoms with E-state index in [1.165, 1.54) is 0 Å². The van der Waals surface area contributed by atoms with Crippen LogP contribution in [0.3, 0.4) is 0 Å². The maximum atomic E-state index is 10.7. The Balaban J connectivity index is 1.73. The Hall–Kier alpha value is -2.41. The molecule has 0 saturated carbocycles. The fourth-order valence-electron chi connectivity index (χ4n) is 2.46. The molecule has 6 nitrogen and oxygen atoms in total. The van der Waals surface area contributed by atoms with E-state index >= 15 is 0 Å². The van der Waals surface area contributed by atoms with Crippen molar-refractivity contribution in [2.75, 3.05) is 5.32 Å². The maximum absolute atomic E-state index is 10.7. The van der Waals surface area contributed by atoms with Gasteiger partial charge in [0.15, 0.2) is 0 Å². The minimum atomic E-state index is -0.778. The monoisotopic (exact) mass is 330 g/mol. The first-order chi connectivity index (χ1) is 11.0. The summed E-state index contributed by atoms with van der Waals surface area (Å²) in [6.45, 7) is 4.58. The number of nitrogens with zero attached hydrogens (tertiary/aromatic N) is 3. The third-order valence-corrected chi connectivity index (χ3v) is 4.44. The van der Waals surface area contributed by atoms with E-state index in [2.05, 4.69) is 15.4 Å². The molecule has 0 atom stereocenters. The van der Waals surface area contributed by atoms with Crippen LogP contribution >= 0.6 is 11.3 Å². The summed E-state index contributed by atoms with van der Waals surface area (Å²) in [6.07, 6.45) is 0.677. The number of rotatable bonds is 6. The van der Waals surface area contributed by atoms with E-state index in [1.807, 2.05) is 42.6 Å². The van der Waals surface area contributed by atoms with Crippen molar-refractivity contribution < 1.29 is 9.90 Å². The van der Waals surface area contributed by atoms with Crippen LogP contribution in [0, 0.1) is 13.8 Å².